The van der Waals surface area contributed by atoms with Crippen LogP contribution in [-0.2, 0) is 0 Å². The van der Waals surface area contributed by atoms with Crippen molar-refractivity contribution in [3.8, 4) is 0 Å². The van der Waals surface area contributed by atoms with Crippen LogP contribution in [0.3, 0.4) is 0 Å². The van der Waals surface area contributed by atoms with Gasteiger partial charge in [0.2, 0.25) is 0 Å². The highest BCUT2D eigenvalue weighted by molar-refractivity contribution is 7.98. The maximum absolute atomic E-state index is 3.62. The monoisotopic (exact) mass is 260 g/mol. The summed E-state index contributed by atoms with van der Waals surface area (Å²) in [4.78, 5) is 2.49. The van der Waals surface area contributed by atoms with Crippen LogP contribution in [0.2, 0.25) is 0 Å². The molecule has 0 aliphatic carbocycles. The van der Waals surface area contributed by atoms with Gasteiger partial charge < -0.3 is 10.2 Å². The molecule has 0 amide bonds. The van der Waals surface area contributed by atoms with Gasteiger partial charge in [0, 0.05) is 31.4 Å². The van der Waals surface area contributed by atoms with Crippen molar-refractivity contribution in [3.05, 3.63) is 0 Å². The summed E-state index contributed by atoms with van der Waals surface area (Å²) in [6.45, 7) is 12.7. The van der Waals surface area contributed by atoms with Crippen LogP contribution < -0.4 is 5.32 Å². The lowest BCUT2D eigenvalue weighted by atomic mass is 9.81. The van der Waals surface area contributed by atoms with Crippen LogP contribution in [0.25, 0.3) is 0 Å². The predicted molar refractivity (Wildman–Crippen MR) is 82.0 cm³/mol. The first kappa shape index (κ1) is 17.3. The van der Waals surface area contributed by atoms with E-state index in [0.29, 0.717) is 11.5 Å². The highest BCUT2D eigenvalue weighted by Gasteiger charge is 2.27. The Morgan fingerprint density at radius 3 is 2.24 bits per heavy atom. The van der Waals surface area contributed by atoms with Crippen molar-refractivity contribution >= 4 is 11.8 Å². The molecule has 0 rings (SSSR count). The van der Waals surface area contributed by atoms with Crippen LogP contribution in [0.1, 0.15) is 40.5 Å². The second kappa shape index (κ2) is 9.23. The molecule has 0 aromatic rings. The van der Waals surface area contributed by atoms with Gasteiger partial charge in [-0.05, 0) is 31.6 Å². The molecular weight excluding hydrogens is 228 g/mol. The normalized spacial score (nSPS) is 12.7. The standard InChI is InChI=1S/C14H32N2S/c1-7-14(8-2,11-15-13(3)4)12-16(5)9-10-17-6/h13,15H,7-12H2,1-6H3. The Balaban J connectivity index is 4.27. The topological polar surface area (TPSA) is 15.3 Å². The summed E-state index contributed by atoms with van der Waals surface area (Å²) in [5.41, 5.74) is 0.442. The molecule has 0 radical (unpaired) electrons. The molecule has 0 aliphatic heterocycles. The highest BCUT2D eigenvalue weighted by atomic mass is 32.2. The maximum atomic E-state index is 3.62. The molecule has 0 heterocycles. The second-order valence-corrected chi connectivity index (χ2v) is 6.46. The van der Waals surface area contributed by atoms with Gasteiger partial charge in [0.25, 0.3) is 0 Å². The number of thioether (sulfide) groups is 1. The van der Waals surface area contributed by atoms with Gasteiger partial charge >= 0.3 is 0 Å². The molecule has 17 heavy (non-hydrogen) atoms. The fraction of sp³-hybridized carbons (Fsp3) is 1.00. The average Bonchev–Trinajstić information content (AvgIpc) is 2.32. The maximum Gasteiger partial charge on any atom is 0.00694 e. The molecule has 3 heteroatoms. The van der Waals surface area contributed by atoms with Crippen LogP contribution in [0, 0.1) is 5.41 Å². The van der Waals surface area contributed by atoms with Crippen LogP contribution in [0.4, 0.5) is 0 Å². The van der Waals surface area contributed by atoms with Crippen molar-refractivity contribution in [2.75, 3.05) is 38.7 Å². The summed E-state index contributed by atoms with van der Waals surface area (Å²) in [6.07, 6.45) is 4.70. The lowest BCUT2D eigenvalue weighted by molar-refractivity contribution is 0.157. The Morgan fingerprint density at radius 2 is 1.82 bits per heavy atom. The van der Waals surface area contributed by atoms with Gasteiger partial charge in [-0.1, -0.05) is 27.7 Å². The van der Waals surface area contributed by atoms with E-state index in [-0.39, 0.29) is 0 Å². The minimum Gasteiger partial charge on any atom is -0.314 e. The summed E-state index contributed by atoms with van der Waals surface area (Å²) in [5, 5.41) is 3.62. The number of nitrogens with zero attached hydrogens (tertiary/aromatic N) is 1. The van der Waals surface area contributed by atoms with E-state index in [4.69, 9.17) is 0 Å². The van der Waals surface area contributed by atoms with Crippen molar-refractivity contribution < 1.29 is 0 Å². The van der Waals surface area contributed by atoms with Gasteiger partial charge in [-0.25, -0.2) is 0 Å². The molecule has 0 fully saturated rings. The summed E-state index contributed by atoms with van der Waals surface area (Å²) in [5.74, 6) is 1.23. The van der Waals surface area contributed by atoms with E-state index in [1.165, 1.54) is 31.7 Å². The van der Waals surface area contributed by atoms with E-state index in [2.05, 4.69) is 51.2 Å². The van der Waals surface area contributed by atoms with Gasteiger partial charge in [0.05, 0.1) is 0 Å². The van der Waals surface area contributed by atoms with Crippen molar-refractivity contribution in [3.63, 3.8) is 0 Å². The summed E-state index contributed by atoms with van der Waals surface area (Å²) in [7, 11) is 2.26. The number of nitrogens with one attached hydrogen (secondary N) is 1. The molecule has 0 aromatic carbocycles. The van der Waals surface area contributed by atoms with Crippen molar-refractivity contribution in [1.82, 2.24) is 10.2 Å². The molecule has 0 atom stereocenters. The van der Waals surface area contributed by atoms with E-state index < -0.39 is 0 Å². The molecule has 0 saturated carbocycles. The van der Waals surface area contributed by atoms with Gasteiger partial charge in [0.15, 0.2) is 0 Å². The quantitative estimate of drug-likeness (QED) is 0.650. The smallest absolute Gasteiger partial charge is 0.00694 e. The molecule has 2 nitrogen and oxygen atoms in total. The van der Waals surface area contributed by atoms with Crippen molar-refractivity contribution in [1.29, 1.82) is 0 Å². The third-order valence-electron chi connectivity index (χ3n) is 3.67. The lowest BCUT2D eigenvalue weighted by Gasteiger charge is -2.36. The van der Waals surface area contributed by atoms with Gasteiger partial charge in [-0.3, -0.25) is 0 Å². The zero-order chi connectivity index (χ0) is 13.3. The average molecular weight is 260 g/mol. The molecule has 0 aromatic heterocycles. The van der Waals surface area contributed by atoms with E-state index >= 15 is 0 Å². The van der Waals surface area contributed by atoms with Gasteiger partial charge in [-0.15, -0.1) is 0 Å². The first-order chi connectivity index (χ1) is 7.99. The largest absolute Gasteiger partial charge is 0.314 e. The molecule has 1 N–H and O–H groups in total. The number of hydrogen-bond acceptors (Lipinski definition) is 3. The summed E-state index contributed by atoms with van der Waals surface area (Å²) in [6, 6.07) is 0.587. The second-order valence-electron chi connectivity index (χ2n) is 5.47. The Morgan fingerprint density at radius 1 is 1.24 bits per heavy atom. The van der Waals surface area contributed by atoms with Crippen molar-refractivity contribution in [2.45, 2.75) is 46.6 Å². The van der Waals surface area contributed by atoms with E-state index in [1.807, 2.05) is 11.8 Å². The van der Waals surface area contributed by atoms with Crippen molar-refractivity contribution in [2.24, 2.45) is 5.41 Å². The molecular formula is C14H32N2S. The van der Waals surface area contributed by atoms with Crippen LogP contribution in [0.15, 0.2) is 0 Å². The third kappa shape index (κ3) is 7.32. The molecule has 0 spiro atoms. The Labute approximate surface area is 113 Å². The van der Waals surface area contributed by atoms with E-state index in [9.17, 15) is 0 Å². The molecule has 0 saturated heterocycles. The van der Waals surface area contributed by atoms with E-state index in [1.54, 1.807) is 0 Å². The number of hydrogen-bond donors (Lipinski definition) is 1. The summed E-state index contributed by atoms with van der Waals surface area (Å²) < 4.78 is 0. The Kier molecular flexibility index (Phi) is 9.38. The molecule has 0 unspecified atom stereocenters. The fourth-order valence-corrected chi connectivity index (χ4v) is 2.59. The molecule has 104 valence electrons. The molecule has 0 bridgehead atoms. The van der Waals surface area contributed by atoms with Crippen LogP contribution >= 0.6 is 11.8 Å². The van der Waals surface area contributed by atoms with Gasteiger partial charge in [0.1, 0.15) is 0 Å². The van der Waals surface area contributed by atoms with Gasteiger partial charge in [-0.2, -0.15) is 11.8 Å². The minimum atomic E-state index is 0.442. The zero-order valence-corrected chi connectivity index (χ0v) is 13.5. The minimum absolute atomic E-state index is 0.442. The fourth-order valence-electron chi connectivity index (χ4n) is 2.10. The highest BCUT2D eigenvalue weighted by Crippen LogP contribution is 2.26. The first-order valence-corrected chi connectivity index (χ1v) is 8.30. The third-order valence-corrected chi connectivity index (χ3v) is 4.26. The van der Waals surface area contributed by atoms with Crippen LogP contribution in [0.5, 0.6) is 0 Å². The Bertz CT molecular complexity index is 179. The lowest BCUT2D eigenvalue weighted by Crippen LogP contribution is -2.44. The van der Waals surface area contributed by atoms with Crippen LogP contribution in [-0.4, -0.2) is 49.6 Å². The predicted octanol–water partition coefficient (Wildman–Crippen LogP) is 3.09. The molecule has 0 aliphatic rings. The van der Waals surface area contributed by atoms with E-state index in [0.717, 1.165) is 6.54 Å². The zero-order valence-electron chi connectivity index (χ0n) is 12.7. The Hall–Kier alpha value is 0.270. The summed E-state index contributed by atoms with van der Waals surface area (Å²) >= 11 is 1.93. The number of rotatable bonds is 10. The SMILES string of the molecule is CCC(CC)(CNC(C)C)CN(C)CCSC. The first-order valence-electron chi connectivity index (χ1n) is 6.90.